The lowest BCUT2D eigenvalue weighted by Gasteiger charge is -2.36. The summed E-state index contributed by atoms with van der Waals surface area (Å²) in [4.78, 5) is 44.3. The number of ether oxygens (including phenoxy) is 1. The Balaban J connectivity index is 1.47. The maximum absolute atomic E-state index is 12.4. The molecule has 1 unspecified atom stereocenters. The normalized spacial score (nSPS) is 20.6. The van der Waals surface area contributed by atoms with E-state index in [1.807, 2.05) is 23.1 Å². The van der Waals surface area contributed by atoms with Crippen molar-refractivity contribution >= 4 is 17.9 Å². The first-order valence-electron chi connectivity index (χ1n) is 9.47. The van der Waals surface area contributed by atoms with E-state index in [1.165, 1.54) is 0 Å². The van der Waals surface area contributed by atoms with Crippen LogP contribution in [0.1, 0.15) is 31.9 Å². The van der Waals surface area contributed by atoms with Crippen LogP contribution in [0.4, 0.5) is 4.79 Å². The minimum absolute atomic E-state index is 0.0163. The molecule has 146 valence electrons. The van der Waals surface area contributed by atoms with Crippen LogP contribution in [0.5, 0.6) is 0 Å². The predicted molar refractivity (Wildman–Crippen MR) is 97.5 cm³/mol. The van der Waals surface area contributed by atoms with Crippen LogP contribution >= 0.6 is 0 Å². The fourth-order valence-electron chi connectivity index (χ4n) is 3.66. The second-order valence-electron chi connectivity index (χ2n) is 6.90. The highest BCUT2D eigenvalue weighted by Crippen LogP contribution is 2.26. The Bertz CT molecular complexity index is 674. The largest absolute Gasteiger partial charge is 0.450 e. The molecule has 3 rings (SSSR count). The van der Waals surface area contributed by atoms with Crippen molar-refractivity contribution in [1.82, 2.24) is 20.1 Å². The first-order valence-corrected chi connectivity index (χ1v) is 9.47. The highest BCUT2D eigenvalue weighted by Gasteiger charge is 2.39. The van der Waals surface area contributed by atoms with Gasteiger partial charge in [-0.15, -0.1) is 0 Å². The lowest BCUT2D eigenvalue weighted by Crippen LogP contribution is -2.47. The van der Waals surface area contributed by atoms with E-state index >= 15 is 0 Å². The van der Waals surface area contributed by atoms with Crippen molar-refractivity contribution in [3.05, 3.63) is 30.1 Å². The van der Waals surface area contributed by atoms with Gasteiger partial charge in [0, 0.05) is 38.3 Å². The van der Waals surface area contributed by atoms with Gasteiger partial charge < -0.3 is 19.9 Å². The molecule has 0 spiro atoms. The first kappa shape index (κ1) is 19.1. The Kier molecular flexibility index (Phi) is 6.26. The van der Waals surface area contributed by atoms with Gasteiger partial charge in [0.1, 0.15) is 0 Å². The molecule has 1 N–H and O–H groups in total. The van der Waals surface area contributed by atoms with Gasteiger partial charge in [-0.2, -0.15) is 0 Å². The minimum atomic E-state index is -0.329. The Hall–Kier alpha value is -2.64. The molecule has 3 amide bonds. The number of nitrogens with one attached hydrogen (secondary N) is 1. The van der Waals surface area contributed by atoms with Gasteiger partial charge in [0.15, 0.2) is 0 Å². The van der Waals surface area contributed by atoms with Crippen molar-refractivity contribution in [2.45, 2.75) is 38.8 Å². The fraction of sp³-hybridized carbons (Fsp3) is 0.579. The molecule has 2 aliphatic heterocycles. The average Bonchev–Trinajstić information content (AvgIpc) is 3.09. The molecule has 2 aliphatic rings. The van der Waals surface area contributed by atoms with Crippen molar-refractivity contribution in [1.29, 1.82) is 0 Å². The van der Waals surface area contributed by atoms with Crippen LogP contribution in [0.2, 0.25) is 0 Å². The van der Waals surface area contributed by atoms with Crippen LogP contribution in [0.3, 0.4) is 0 Å². The molecule has 0 saturated carbocycles. The molecular weight excluding hydrogens is 348 g/mol. The Morgan fingerprint density at radius 1 is 1.30 bits per heavy atom. The number of aromatic nitrogens is 1. The number of carbonyl (C=O) groups excluding carboxylic acids is 3. The molecule has 0 bridgehead atoms. The van der Waals surface area contributed by atoms with Gasteiger partial charge in [-0.05, 0) is 31.9 Å². The standard InChI is InChI=1S/C19H26N4O4/c1-2-27-19(26)22-9-6-16(7-10-22)23-13-14(11-17(23)24)18(25)21-12-15-5-3-4-8-20-15/h3-5,8,14,16H,2,6-7,9-13H2,1H3,(H,21,25). The number of piperidine rings is 1. The third-order valence-corrected chi connectivity index (χ3v) is 5.13. The number of amides is 3. The van der Waals surface area contributed by atoms with Gasteiger partial charge in [0.2, 0.25) is 11.8 Å². The molecule has 0 radical (unpaired) electrons. The lowest BCUT2D eigenvalue weighted by atomic mass is 10.0. The number of hydrogen-bond acceptors (Lipinski definition) is 5. The Morgan fingerprint density at radius 3 is 2.74 bits per heavy atom. The molecule has 27 heavy (non-hydrogen) atoms. The van der Waals surface area contributed by atoms with Gasteiger partial charge in [-0.1, -0.05) is 6.07 Å². The first-order chi connectivity index (χ1) is 13.1. The fourth-order valence-corrected chi connectivity index (χ4v) is 3.66. The maximum Gasteiger partial charge on any atom is 0.409 e. The lowest BCUT2D eigenvalue weighted by molar-refractivity contribution is -0.131. The molecule has 2 saturated heterocycles. The van der Waals surface area contributed by atoms with Gasteiger partial charge in [-0.25, -0.2) is 4.79 Å². The van der Waals surface area contributed by atoms with Gasteiger partial charge in [-0.3, -0.25) is 14.6 Å². The summed E-state index contributed by atoms with van der Waals surface area (Å²) in [6, 6.07) is 5.63. The third kappa shape index (κ3) is 4.75. The molecule has 1 aromatic rings. The van der Waals surface area contributed by atoms with E-state index in [-0.39, 0.29) is 36.3 Å². The minimum Gasteiger partial charge on any atom is -0.450 e. The van der Waals surface area contributed by atoms with Crippen molar-refractivity contribution in [3.8, 4) is 0 Å². The van der Waals surface area contributed by atoms with Crippen LogP contribution in [0, 0.1) is 5.92 Å². The van der Waals surface area contributed by atoms with Crippen molar-refractivity contribution in [2.75, 3.05) is 26.2 Å². The number of carbonyl (C=O) groups is 3. The van der Waals surface area contributed by atoms with E-state index in [4.69, 9.17) is 4.74 Å². The molecule has 3 heterocycles. The second-order valence-corrected chi connectivity index (χ2v) is 6.90. The van der Waals surface area contributed by atoms with Crippen LogP contribution in [-0.2, 0) is 20.9 Å². The Morgan fingerprint density at radius 2 is 2.07 bits per heavy atom. The number of pyridine rings is 1. The quantitative estimate of drug-likeness (QED) is 0.835. The second kappa shape index (κ2) is 8.83. The zero-order chi connectivity index (χ0) is 19.2. The molecule has 8 heteroatoms. The average molecular weight is 374 g/mol. The molecule has 1 atom stereocenters. The number of hydrogen-bond donors (Lipinski definition) is 1. The van der Waals surface area contributed by atoms with Crippen LogP contribution < -0.4 is 5.32 Å². The molecule has 2 fully saturated rings. The summed E-state index contributed by atoms with van der Waals surface area (Å²) in [5.41, 5.74) is 0.790. The number of rotatable bonds is 5. The molecular formula is C19H26N4O4. The summed E-state index contributed by atoms with van der Waals surface area (Å²) in [6.45, 7) is 4.10. The molecule has 0 aliphatic carbocycles. The summed E-state index contributed by atoms with van der Waals surface area (Å²) >= 11 is 0. The van der Waals surface area contributed by atoms with Gasteiger partial charge >= 0.3 is 6.09 Å². The summed E-state index contributed by atoms with van der Waals surface area (Å²) in [6.07, 6.45) is 3.06. The zero-order valence-corrected chi connectivity index (χ0v) is 15.6. The summed E-state index contributed by atoms with van der Waals surface area (Å²) < 4.78 is 5.02. The van der Waals surface area contributed by atoms with E-state index in [2.05, 4.69) is 10.3 Å². The van der Waals surface area contributed by atoms with Crippen LogP contribution in [0.25, 0.3) is 0 Å². The highest BCUT2D eigenvalue weighted by atomic mass is 16.6. The van der Waals surface area contributed by atoms with E-state index < -0.39 is 0 Å². The predicted octanol–water partition coefficient (Wildman–Crippen LogP) is 1.17. The van der Waals surface area contributed by atoms with E-state index in [0.717, 1.165) is 5.69 Å². The zero-order valence-electron chi connectivity index (χ0n) is 15.6. The molecule has 1 aromatic heterocycles. The van der Waals surface area contributed by atoms with Crippen LogP contribution in [-0.4, -0.2) is 65.0 Å². The Labute approximate surface area is 158 Å². The van der Waals surface area contributed by atoms with Crippen LogP contribution in [0.15, 0.2) is 24.4 Å². The number of likely N-dealkylation sites (tertiary alicyclic amines) is 2. The highest BCUT2D eigenvalue weighted by molar-refractivity contribution is 5.89. The summed E-state index contributed by atoms with van der Waals surface area (Å²) in [5, 5.41) is 2.87. The van der Waals surface area contributed by atoms with Crippen molar-refractivity contribution < 1.29 is 19.1 Å². The number of nitrogens with zero attached hydrogens (tertiary/aromatic N) is 3. The summed E-state index contributed by atoms with van der Waals surface area (Å²) in [7, 11) is 0. The molecule has 0 aromatic carbocycles. The molecule has 8 nitrogen and oxygen atoms in total. The topological polar surface area (TPSA) is 91.8 Å². The van der Waals surface area contributed by atoms with Gasteiger partial charge in [0.05, 0.1) is 24.8 Å². The van der Waals surface area contributed by atoms with E-state index in [0.29, 0.717) is 45.6 Å². The van der Waals surface area contributed by atoms with Crippen molar-refractivity contribution in [2.24, 2.45) is 5.92 Å². The monoisotopic (exact) mass is 374 g/mol. The van der Waals surface area contributed by atoms with E-state index in [9.17, 15) is 14.4 Å². The smallest absolute Gasteiger partial charge is 0.409 e. The van der Waals surface area contributed by atoms with Crippen molar-refractivity contribution in [3.63, 3.8) is 0 Å². The third-order valence-electron chi connectivity index (χ3n) is 5.13. The summed E-state index contributed by atoms with van der Waals surface area (Å²) in [5.74, 6) is -0.424. The maximum atomic E-state index is 12.4. The SMILES string of the molecule is CCOC(=O)N1CCC(N2CC(C(=O)NCc3ccccn3)CC2=O)CC1. The van der Waals surface area contributed by atoms with E-state index in [1.54, 1.807) is 18.0 Å². The van der Waals surface area contributed by atoms with Gasteiger partial charge in [0.25, 0.3) is 0 Å².